The molecule has 1 aromatic heterocycles. The van der Waals surface area contributed by atoms with Gasteiger partial charge in [-0.25, -0.2) is 0 Å². The molecule has 3 amide bonds. The van der Waals surface area contributed by atoms with Crippen LogP contribution < -0.4 is 10.2 Å². The van der Waals surface area contributed by atoms with Crippen molar-refractivity contribution in [3.8, 4) is 0 Å². The van der Waals surface area contributed by atoms with Crippen molar-refractivity contribution >= 4 is 34.7 Å². The normalized spacial score (nSPS) is 18.9. The highest BCUT2D eigenvalue weighted by Crippen LogP contribution is 2.32. The maximum Gasteiger partial charge on any atom is 0.251 e. The highest BCUT2D eigenvalue weighted by atomic mass is 32.1. The summed E-state index contributed by atoms with van der Waals surface area (Å²) >= 11 is 1.74. The Morgan fingerprint density at radius 3 is 2.64 bits per heavy atom. The van der Waals surface area contributed by atoms with Crippen LogP contribution in [0, 0.1) is 0 Å². The summed E-state index contributed by atoms with van der Waals surface area (Å²) in [6.07, 6.45) is 2.31. The SMILES string of the molecule is C[C@H]1c2ccsc2CCN1C(=O)CNC(=O)c1ccc(N2CCCC2=O)cc1. The van der Waals surface area contributed by atoms with Gasteiger partial charge in [0.1, 0.15) is 0 Å². The molecule has 2 aliphatic rings. The van der Waals surface area contributed by atoms with Crippen molar-refractivity contribution < 1.29 is 14.4 Å². The number of amides is 3. The molecule has 1 N–H and O–H groups in total. The van der Waals surface area contributed by atoms with Crippen LogP contribution in [0.15, 0.2) is 35.7 Å². The molecule has 0 saturated carbocycles. The number of carbonyl (C=O) groups is 3. The Morgan fingerprint density at radius 2 is 1.93 bits per heavy atom. The van der Waals surface area contributed by atoms with Crippen molar-refractivity contribution in [2.45, 2.75) is 32.2 Å². The number of fused-ring (bicyclic) bond motifs is 1. The fourth-order valence-electron chi connectivity index (χ4n) is 3.92. The number of rotatable bonds is 4. The first-order chi connectivity index (χ1) is 13.5. The molecule has 2 aromatic rings. The molecule has 0 spiro atoms. The molecule has 146 valence electrons. The van der Waals surface area contributed by atoms with Crippen LogP contribution >= 0.6 is 11.3 Å². The first-order valence-corrected chi connectivity index (χ1v) is 10.5. The van der Waals surface area contributed by atoms with Gasteiger partial charge in [0.15, 0.2) is 0 Å². The molecule has 0 aliphatic carbocycles. The van der Waals surface area contributed by atoms with Gasteiger partial charge in [-0.05, 0) is 61.0 Å². The third-order valence-corrected chi connectivity index (χ3v) is 6.51. The van der Waals surface area contributed by atoms with Crippen LogP contribution in [-0.2, 0) is 16.0 Å². The van der Waals surface area contributed by atoms with Crippen molar-refractivity contribution in [2.24, 2.45) is 0 Å². The van der Waals surface area contributed by atoms with Gasteiger partial charge in [0.2, 0.25) is 11.8 Å². The number of thiophene rings is 1. The predicted molar refractivity (Wildman–Crippen MR) is 109 cm³/mol. The Hall–Kier alpha value is -2.67. The molecular formula is C21H23N3O3S. The van der Waals surface area contributed by atoms with Crippen molar-refractivity contribution in [1.82, 2.24) is 10.2 Å². The quantitative estimate of drug-likeness (QED) is 0.862. The van der Waals surface area contributed by atoms with Gasteiger partial charge in [0, 0.05) is 35.6 Å². The number of anilines is 1. The molecule has 28 heavy (non-hydrogen) atoms. The molecule has 1 atom stereocenters. The molecule has 1 fully saturated rings. The van der Waals surface area contributed by atoms with Crippen LogP contribution in [0.2, 0.25) is 0 Å². The topological polar surface area (TPSA) is 69.7 Å². The first kappa shape index (κ1) is 18.7. The highest BCUT2D eigenvalue weighted by Gasteiger charge is 2.28. The molecule has 0 unspecified atom stereocenters. The molecule has 3 heterocycles. The van der Waals surface area contributed by atoms with Crippen LogP contribution in [0.25, 0.3) is 0 Å². The summed E-state index contributed by atoms with van der Waals surface area (Å²) in [4.78, 5) is 41.7. The summed E-state index contributed by atoms with van der Waals surface area (Å²) in [7, 11) is 0. The lowest BCUT2D eigenvalue weighted by molar-refractivity contribution is -0.132. The molecule has 1 aromatic carbocycles. The average molecular weight is 398 g/mol. The maximum atomic E-state index is 12.6. The van der Waals surface area contributed by atoms with E-state index in [-0.39, 0.29) is 30.3 Å². The third kappa shape index (κ3) is 3.54. The molecule has 7 heteroatoms. The standard InChI is InChI=1S/C21H23N3O3S/c1-14-17-9-12-28-18(17)8-11-23(14)20(26)13-22-21(27)15-4-6-16(7-5-15)24-10-2-3-19(24)25/h4-7,9,12,14H,2-3,8,10-11,13H2,1H3,(H,22,27)/t14-/m0/s1. The summed E-state index contributed by atoms with van der Waals surface area (Å²) in [6, 6.07) is 9.07. The Balaban J connectivity index is 1.34. The van der Waals surface area contributed by atoms with E-state index < -0.39 is 0 Å². The van der Waals surface area contributed by atoms with Gasteiger partial charge in [-0.15, -0.1) is 11.3 Å². The fraction of sp³-hybridized carbons (Fsp3) is 0.381. The van der Waals surface area contributed by atoms with Gasteiger partial charge < -0.3 is 15.1 Å². The molecule has 0 radical (unpaired) electrons. The van der Waals surface area contributed by atoms with Crippen LogP contribution in [0.3, 0.4) is 0 Å². The Bertz CT molecular complexity index is 906. The summed E-state index contributed by atoms with van der Waals surface area (Å²) in [5.74, 6) is -0.238. The second-order valence-corrected chi connectivity index (χ2v) is 8.19. The lowest BCUT2D eigenvalue weighted by Gasteiger charge is -2.33. The first-order valence-electron chi connectivity index (χ1n) is 9.59. The van der Waals surface area contributed by atoms with E-state index in [9.17, 15) is 14.4 Å². The van der Waals surface area contributed by atoms with Gasteiger partial charge in [-0.3, -0.25) is 14.4 Å². The molecule has 1 saturated heterocycles. The van der Waals surface area contributed by atoms with Crippen molar-refractivity contribution in [1.29, 1.82) is 0 Å². The molecule has 4 rings (SSSR count). The maximum absolute atomic E-state index is 12.6. The van der Waals surface area contributed by atoms with E-state index in [1.54, 1.807) is 40.5 Å². The summed E-state index contributed by atoms with van der Waals surface area (Å²) < 4.78 is 0. The van der Waals surface area contributed by atoms with Crippen molar-refractivity contribution in [2.75, 3.05) is 24.5 Å². The van der Waals surface area contributed by atoms with Crippen LogP contribution in [0.4, 0.5) is 5.69 Å². The molecule has 2 aliphatic heterocycles. The number of hydrogen-bond acceptors (Lipinski definition) is 4. The van der Waals surface area contributed by atoms with E-state index >= 15 is 0 Å². The number of nitrogens with one attached hydrogen (secondary N) is 1. The molecular weight excluding hydrogens is 374 g/mol. The lowest BCUT2D eigenvalue weighted by Crippen LogP contribution is -2.44. The van der Waals surface area contributed by atoms with E-state index in [0.29, 0.717) is 18.5 Å². The molecule has 0 bridgehead atoms. The van der Waals surface area contributed by atoms with E-state index in [0.717, 1.165) is 25.1 Å². The summed E-state index contributed by atoms with van der Waals surface area (Å²) in [6.45, 7) is 3.42. The smallest absolute Gasteiger partial charge is 0.251 e. The Labute approximate surface area is 168 Å². The molecule has 6 nitrogen and oxygen atoms in total. The summed E-state index contributed by atoms with van der Waals surface area (Å²) in [5, 5.41) is 4.79. The van der Waals surface area contributed by atoms with E-state index in [1.807, 2.05) is 11.8 Å². The van der Waals surface area contributed by atoms with Gasteiger partial charge >= 0.3 is 0 Å². The van der Waals surface area contributed by atoms with Crippen LogP contribution in [0.1, 0.15) is 46.6 Å². The Morgan fingerprint density at radius 1 is 1.14 bits per heavy atom. The van der Waals surface area contributed by atoms with Gasteiger partial charge in [-0.2, -0.15) is 0 Å². The number of benzene rings is 1. The third-order valence-electron chi connectivity index (χ3n) is 5.51. The van der Waals surface area contributed by atoms with Gasteiger partial charge in [0.25, 0.3) is 5.91 Å². The zero-order valence-electron chi connectivity index (χ0n) is 15.8. The minimum atomic E-state index is -0.284. The number of carbonyl (C=O) groups excluding carboxylic acids is 3. The lowest BCUT2D eigenvalue weighted by atomic mass is 10.0. The Kier molecular flexibility index (Phi) is 5.17. The zero-order chi connectivity index (χ0) is 19.7. The number of hydrogen-bond donors (Lipinski definition) is 1. The summed E-state index contributed by atoms with van der Waals surface area (Å²) in [5.41, 5.74) is 2.50. The minimum Gasteiger partial charge on any atom is -0.343 e. The second-order valence-electron chi connectivity index (χ2n) is 7.19. The van der Waals surface area contributed by atoms with Crippen LogP contribution in [-0.4, -0.2) is 42.3 Å². The highest BCUT2D eigenvalue weighted by molar-refractivity contribution is 7.10. The second kappa shape index (κ2) is 7.75. The number of nitrogens with zero attached hydrogens (tertiary/aromatic N) is 2. The van der Waals surface area contributed by atoms with Crippen molar-refractivity contribution in [3.05, 3.63) is 51.7 Å². The van der Waals surface area contributed by atoms with Crippen LogP contribution in [0.5, 0.6) is 0 Å². The average Bonchev–Trinajstić information content (AvgIpc) is 3.35. The predicted octanol–water partition coefficient (Wildman–Crippen LogP) is 2.75. The van der Waals surface area contributed by atoms with Gasteiger partial charge in [0.05, 0.1) is 12.6 Å². The van der Waals surface area contributed by atoms with E-state index in [4.69, 9.17) is 0 Å². The fourth-order valence-corrected chi connectivity index (χ4v) is 4.89. The van der Waals surface area contributed by atoms with E-state index in [2.05, 4.69) is 16.8 Å². The zero-order valence-corrected chi connectivity index (χ0v) is 16.6. The minimum absolute atomic E-state index is 0.0188. The van der Waals surface area contributed by atoms with E-state index in [1.165, 1.54) is 10.4 Å². The largest absolute Gasteiger partial charge is 0.343 e. The van der Waals surface area contributed by atoms with Gasteiger partial charge in [-0.1, -0.05) is 0 Å². The monoisotopic (exact) mass is 397 g/mol. The van der Waals surface area contributed by atoms with Crippen molar-refractivity contribution in [3.63, 3.8) is 0 Å².